The highest BCUT2D eigenvalue weighted by molar-refractivity contribution is 6.31. The zero-order chi connectivity index (χ0) is 17.5. The summed E-state index contributed by atoms with van der Waals surface area (Å²) < 4.78 is 5.30. The highest BCUT2D eigenvalue weighted by atomic mass is 35.5. The molecule has 1 unspecified atom stereocenters. The lowest BCUT2D eigenvalue weighted by atomic mass is 10.1. The smallest absolute Gasteiger partial charge is 0.227 e. The first-order valence-electron chi connectivity index (χ1n) is 8.19. The SMILES string of the molecule is CCCNCCNC(=O)C1CC(=O)N(c2cc(Cl)ccc2OC)C1. The molecule has 0 saturated carbocycles. The van der Waals surface area contributed by atoms with Crippen molar-refractivity contribution in [2.24, 2.45) is 5.92 Å². The van der Waals surface area contributed by atoms with Gasteiger partial charge in [-0.15, -0.1) is 0 Å². The minimum Gasteiger partial charge on any atom is -0.495 e. The van der Waals surface area contributed by atoms with Gasteiger partial charge in [0.1, 0.15) is 5.75 Å². The van der Waals surface area contributed by atoms with Crippen molar-refractivity contribution in [3.05, 3.63) is 23.2 Å². The van der Waals surface area contributed by atoms with Crippen molar-refractivity contribution in [3.8, 4) is 5.75 Å². The van der Waals surface area contributed by atoms with Crippen LogP contribution in [0.2, 0.25) is 5.02 Å². The zero-order valence-electron chi connectivity index (χ0n) is 14.1. The molecule has 1 aliphatic heterocycles. The number of nitrogens with zero attached hydrogens (tertiary/aromatic N) is 1. The van der Waals surface area contributed by atoms with Gasteiger partial charge in [-0.25, -0.2) is 0 Å². The van der Waals surface area contributed by atoms with Crippen LogP contribution in [0.25, 0.3) is 0 Å². The van der Waals surface area contributed by atoms with Crippen LogP contribution in [-0.2, 0) is 9.59 Å². The molecule has 132 valence electrons. The Morgan fingerprint density at radius 2 is 2.17 bits per heavy atom. The topological polar surface area (TPSA) is 70.7 Å². The summed E-state index contributed by atoms with van der Waals surface area (Å²) in [7, 11) is 1.54. The molecule has 1 aromatic carbocycles. The third-order valence-corrected chi connectivity index (χ3v) is 4.19. The summed E-state index contributed by atoms with van der Waals surface area (Å²) in [6.45, 7) is 4.65. The molecule has 1 saturated heterocycles. The highest BCUT2D eigenvalue weighted by Crippen LogP contribution is 2.35. The van der Waals surface area contributed by atoms with Crippen molar-refractivity contribution in [2.45, 2.75) is 19.8 Å². The minimum atomic E-state index is -0.354. The minimum absolute atomic E-state index is 0.0925. The van der Waals surface area contributed by atoms with Gasteiger partial charge in [-0.2, -0.15) is 0 Å². The Balaban J connectivity index is 1.96. The van der Waals surface area contributed by atoms with E-state index in [-0.39, 0.29) is 24.2 Å². The van der Waals surface area contributed by atoms with Crippen molar-refractivity contribution in [3.63, 3.8) is 0 Å². The molecule has 24 heavy (non-hydrogen) atoms. The largest absolute Gasteiger partial charge is 0.495 e. The Kier molecular flexibility index (Phi) is 6.87. The van der Waals surface area contributed by atoms with Gasteiger partial charge >= 0.3 is 0 Å². The first kappa shape index (κ1) is 18.5. The van der Waals surface area contributed by atoms with Gasteiger partial charge in [0.25, 0.3) is 0 Å². The van der Waals surface area contributed by atoms with E-state index in [1.807, 2.05) is 0 Å². The fourth-order valence-corrected chi connectivity index (χ4v) is 2.88. The first-order valence-corrected chi connectivity index (χ1v) is 8.57. The van der Waals surface area contributed by atoms with E-state index in [2.05, 4.69) is 17.6 Å². The van der Waals surface area contributed by atoms with Gasteiger partial charge < -0.3 is 20.3 Å². The van der Waals surface area contributed by atoms with Gasteiger partial charge in [-0.3, -0.25) is 9.59 Å². The maximum atomic E-state index is 12.3. The van der Waals surface area contributed by atoms with Crippen LogP contribution in [-0.4, -0.2) is 45.1 Å². The molecule has 1 heterocycles. The van der Waals surface area contributed by atoms with Crippen molar-refractivity contribution >= 4 is 29.1 Å². The summed E-state index contributed by atoms with van der Waals surface area (Å²) in [4.78, 5) is 26.1. The predicted molar refractivity (Wildman–Crippen MR) is 94.6 cm³/mol. The van der Waals surface area contributed by atoms with Crippen molar-refractivity contribution in [2.75, 3.05) is 38.2 Å². The van der Waals surface area contributed by atoms with Crippen LogP contribution in [0, 0.1) is 5.92 Å². The van der Waals surface area contributed by atoms with E-state index in [1.54, 1.807) is 30.2 Å². The van der Waals surface area contributed by atoms with Crippen LogP contribution in [0.1, 0.15) is 19.8 Å². The van der Waals surface area contributed by atoms with Crippen LogP contribution in [0.15, 0.2) is 18.2 Å². The normalized spacial score (nSPS) is 17.2. The summed E-state index contributed by atoms with van der Waals surface area (Å²) in [5.74, 6) is 0.0231. The number of nitrogens with one attached hydrogen (secondary N) is 2. The third-order valence-electron chi connectivity index (χ3n) is 3.96. The van der Waals surface area contributed by atoms with E-state index in [1.165, 1.54) is 0 Å². The lowest BCUT2D eigenvalue weighted by Gasteiger charge is -2.20. The van der Waals surface area contributed by atoms with Crippen LogP contribution >= 0.6 is 11.6 Å². The second-order valence-corrected chi connectivity index (χ2v) is 6.20. The number of carbonyl (C=O) groups excluding carboxylic acids is 2. The second-order valence-electron chi connectivity index (χ2n) is 5.76. The molecule has 2 amide bonds. The second kappa shape index (κ2) is 8.89. The van der Waals surface area contributed by atoms with E-state index in [0.29, 0.717) is 29.5 Å². The quantitative estimate of drug-likeness (QED) is 0.699. The van der Waals surface area contributed by atoms with Gasteiger partial charge in [0.2, 0.25) is 11.8 Å². The Labute approximate surface area is 147 Å². The average Bonchev–Trinajstić information content (AvgIpc) is 2.96. The fraction of sp³-hybridized carbons (Fsp3) is 0.529. The molecule has 0 aliphatic carbocycles. The number of rotatable bonds is 8. The van der Waals surface area contributed by atoms with E-state index >= 15 is 0 Å². The molecule has 0 bridgehead atoms. The molecule has 0 aromatic heterocycles. The maximum absolute atomic E-state index is 12.3. The number of anilines is 1. The molecule has 1 aliphatic rings. The van der Waals surface area contributed by atoms with Crippen molar-refractivity contribution < 1.29 is 14.3 Å². The Morgan fingerprint density at radius 3 is 2.88 bits per heavy atom. The van der Waals surface area contributed by atoms with Crippen LogP contribution in [0.3, 0.4) is 0 Å². The van der Waals surface area contributed by atoms with E-state index in [4.69, 9.17) is 16.3 Å². The summed E-state index contributed by atoms with van der Waals surface area (Å²) in [6, 6.07) is 5.11. The molecule has 6 nitrogen and oxygen atoms in total. The third kappa shape index (κ3) is 4.61. The fourth-order valence-electron chi connectivity index (χ4n) is 2.71. The average molecular weight is 354 g/mol. The molecular weight excluding hydrogens is 330 g/mol. The van der Waals surface area contributed by atoms with Crippen LogP contribution < -0.4 is 20.3 Å². The summed E-state index contributed by atoms with van der Waals surface area (Å²) in [6.07, 6.45) is 1.26. The van der Waals surface area contributed by atoms with Gasteiger partial charge in [-0.05, 0) is 31.2 Å². The molecule has 2 N–H and O–H groups in total. The summed E-state index contributed by atoms with van der Waals surface area (Å²) >= 11 is 6.03. The van der Waals surface area contributed by atoms with Crippen molar-refractivity contribution in [1.82, 2.24) is 10.6 Å². The predicted octanol–water partition coefficient (Wildman–Crippen LogP) is 1.82. The first-order chi connectivity index (χ1) is 11.6. The highest BCUT2D eigenvalue weighted by Gasteiger charge is 2.36. The van der Waals surface area contributed by atoms with Gasteiger partial charge in [-0.1, -0.05) is 18.5 Å². The molecule has 2 rings (SSSR count). The van der Waals surface area contributed by atoms with Gasteiger partial charge in [0, 0.05) is 31.1 Å². The van der Waals surface area contributed by atoms with E-state index in [0.717, 1.165) is 19.5 Å². The van der Waals surface area contributed by atoms with Crippen LogP contribution in [0.5, 0.6) is 5.75 Å². The maximum Gasteiger partial charge on any atom is 0.227 e. The molecule has 1 atom stereocenters. The van der Waals surface area contributed by atoms with E-state index in [9.17, 15) is 9.59 Å². The van der Waals surface area contributed by atoms with Crippen molar-refractivity contribution in [1.29, 1.82) is 0 Å². The Bertz CT molecular complexity index is 594. The molecule has 1 fully saturated rings. The Hall–Kier alpha value is -1.79. The number of ether oxygens (including phenoxy) is 1. The van der Waals surface area contributed by atoms with E-state index < -0.39 is 0 Å². The standard InChI is InChI=1S/C17H24ClN3O3/c1-3-6-19-7-8-20-17(23)12-9-16(22)21(11-12)14-10-13(18)4-5-15(14)24-2/h4-5,10,12,19H,3,6-9,11H2,1-2H3,(H,20,23). The lowest BCUT2D eigenvalue weighted by molar-refractivity contribution is -0.126. The summed E-state index contributed by atoms with van der Waals surface area (Å²) in [5, 5.41) is 6.62. The molecule has 0 spiro atoms. The number of carbonyl (C=O) groups is 2. The number of halogens is 1. The number of benzene rings is 1. The summed E-state index contributed by atoms with van der Waals surface area (Å²) in [5.41, 5.74) is 0.606. The zero-order valence-corrected chi connectivity index (χ0v) is 14.9. The molecule has 0 radical (unpaired) electrons. The lowest BCUT2D eigenvalue weighted by Crippen LogP contribution is -2.37. The number of amides is 2. The Morgan fingerprint density at radius 1 is 1.38 bits per heavy atom. The number of hydrogen-bond donors (Lipinski definition) is 2. The molecule has 7 heteroatoms. The monoisotopic (exact) mass is 353 g/mol. The molecule has 1 aromatic rings. The van der Waals surface area contributed by atoms with Crippen LogP contribution in [0.4, 0.5) is 5.69 Å². The van der Waals surface area contributed by atoms with Gasteiger partial charge in [0.05, 0.1) is 18.7 Å². The number of methoxy groups -OCH3 is 1. The molecular formula is C17H24ClN3O3. The van der Waals surface area contributed by atoms with Gasteiger partial charge in [0.15, 0.2) is 0 Å². The number of hydrogen-bond acceptors (Lipinski definition) is 4.